The average Bonchev–Trinajstić information content (AvgIpc) is 3.14. The van der Waals surface area contributed by atoms with Gasteiger partial charge in [0.1, 0.15) is 0 Å². The molecule has 3 aliphatic carbocycles. The van der Waals surface area contributed by atoms with E-state index >= 15 is 0 Å². The summed E-state index contributed by atoms with van der Waals surface area (Å²) in [5.41, 5.74) is 0.987. The van der Waals surface area contributed by atoms with Crippen molar-refractivity contribution in [3.05, 3.63) is 40.1 Å². The van der Waals surface area contributed by atoms with Gasteiger partial charge in [-0.25, -0.2) is 0 Å². The van der Waals surface area contributed by atoms with Gasteiger partial charge in [-0.15, -0.1) is 0 Å². The van der Waals surface area contributed by atoms with Crippen molar-refractivity contribution in [3.8, 4) is 0 Å². The normalized spacial score (nSPS) is 36.3. The third kappa shape index (κ3) is 3.79. The van der Waals surface area contributed by atoms with Crippen LogP contribution in [0.4, 0.5) is 18.9 Å². The molecule has 2 unspecified atom stereocenters. The second kappa shape index (κ2) is 8.50. The number of hydrogen-bond donors (Lipinski definition) is 1. The van der Waals surface area contributed by atoms with E-state index < -0.39 is 11.7 Å². The zero-order valence-electron chi connectivity index (χ0n) is 21.3. The predicted molar refractivity (Wildman–Crippen MR) is 133 cm³/mol. The number of rotatable bonds is 2. The summed E-state index contributed by atoms with van der Waals surface area (Å²) in [6, 6.07) is 3.48. The van der Waals surface area contributed by atoms with Crippen LogP contribution in [-0.2, 0) is 15.8 Å². The Morgan fingerprint density at radius 2 is 1.86 bits per heavy atom. The minimum atomic E-state index is -4.61. The maximum atomic E-state index is 13.6. The molecule has 0 radical (unpaired) electrons. The number of nitrogens with zero attached hydrogens (tertiary/aromatic N) is 1. The van der Waals surface area contributed by atoms with Crippen molar-refractivity contribution in [2.24, 2.45) is 34.5 Å². The van der Waals surface area contributed by atoms with Crippen LogP contribution in [0.5, 0.6) is 0 Å². The van der Waals surface area contributed by atoms with E-state index in [1.54, 1.807) is 0 Å². The molecule has 0 aromatic heterocycles. The summed E-state index contributed by atoms with van der Waals surface area (Å²) in [5.74, 6) is 0.700. The first-order valence-electron chi connectivity index (χ1n) is 12.9. The molecule has 2 amide bonds. The van der Waals surface area contributed by atoms with Crippen LogP contribution in [-0.4, -0.2) is 23.8 Å². The van der Waals surface area contributed by atoms with E-state index in [0.29, 0.717) is 30.6 Å². The van der Waals surface area contributed by atoms with Crippen LogP contribution in [0, 0.1) is 34.5 Å². The van der Waals surface area contributed by atoms with Crippen molar-refractivity contribution in [3.63, 3.8) is 0 Å². The number of carbonyl (C=O) groups excluding carboxylic acids is 2. The first-order chi connectivity index (χ1) is 16.8. The molecular weight excluding hydrogens is 489 g/mol. The highest BCUT2D eigenvalue weighted by atomic mass is 35.5. The Morgan fingerprint density at radius 1 is 1.14 bits per heavy atom. The number of allylic oxidation sites excluding steroid dienone is 2. The predicted octanol–water partition coefficient (Wildman–Crippen LogP) is 7.29. The van der Waals surface area contributed by atoms with Gasteiger partial charge in [-0.05, 0) is 86.8 Å². The zero-order chi connectivity index (χ0) is 26.2. The second-order valence-corrected chi connectivity index (χ2v) is 12.4. The van der Waals surface area contributed by atoms with Gasteiger partial charge in [0.2, 0.25) is 11.8 Å². The highest BCUT2D eigenvalue weighted by Crippen LogP contribution is 2.67. The minimum Gasteiger partial charge on any atom is -0.325 e. The van der Waals surface area contributed by atoms with Crippen LogP contribution in [0.25, 0.3) is 0 Å². The van der Waals surface area contributed by atoms with Crippen LogP contribution < -0.4 is 5.32 Å². The van der Waals surface area contributed by atoms with E-state index in [1.807, 2.05) is 11.9 Å². The van der Waals surface area contributed by atoms with Gasteiger partial charge in [-0.2, -0.15) is 13.2 Å². The molecule has 2 saturated carbocycles. The highest BCUT2D eigenvalue weighted by molar-refractivity contribution is 6.30. The molecule has 4 aliphatic rings. The number of alkyl halides is 3. The number of amides is 2. The van der Waals surface area contributed by atoms with E-state index in [1.165, 1.54) is 23.4 Å². The Morgan fingerprint density at radius 3 is 2.56 bits per heavy atom. The fraction of sp³-hybridized carbons (Fsp3) is 0.643. The molecule has 1 aromatic rings. The summed E-state index contributed by atoms with van der Waals surface area (Å²) in [6.07, 6.45) is 1.12. The molecule has 1 heterocycles. The number of likely N-dealkylation sites (tertiary alicyclic amines) is 1. The number of anilines is 1. The molecule has 1 N–H and O–H groups in total. The number of fused-ring (bicyclic) bond motifs is 5. The molecular formula is C28H34ClF3N2O2. The smallest absolute Gasteiger partial charge is 0.325 e. The van der Waals surface area contributed by atoms with Gasteiger partial charge in [0.15, 0.2) is 0 Å². The van der Waals surface area contributed by atoms with E-state index in [9.17, 15) is 22.8 Å². The van der Waals surface area contributed by atoms with Crippen LogP contribution in [0.15, 0.2) is 29.5 Å². The fourth-order valence-electron chi connectivity index (χ4n) is 8.62. The zero-order valence-corrected chi connectivity index (χ0v) is 22.0. The van der Waals surface area contributed by atoms with Gasteiger partial charge in [-0.1, -0.05) is 31.0 Å². The van der Waals surface area contributed by atoms with Crippen molar-refractivity contribution in [1.82, 2.24) is 4.90 Å². The molecule has 6 atom stereocenters. The number of nitrogens with one attached hydrogen (secondary N) is 1. The van der Waals surface area contributed by atoms with Crippen molar-refractivity contribution in [1.29, 1.82) is 0 Å². The van der Waals surface area contributed by atoms with Gasteiger partial charge in [0.25, 0.3) is 0 Å². The quantitative estimate of drug-likeness (QED) is 0.443. The van der Waals surface area contributed by atoms with Crippen molar-refractivity contribution < 1.29 is 22.8 Å². The molecule has 0 bridgehead atoms. The lowest BCUT2D eigenvalue weighted by Gasteiger charge is -2.59. The van der Waals surface area contributed by atoms with Gasteiger partial charge in [0.05, 0.1) is 11.3 Å². The minimum absolute atomic E-state index is 0.0183. The Kier molecular flexibility index (Phi) is 6.05. The molecule has 1 saturated heterocycles. The molecule has 0 spiro atoms. The fourth-order valence-corrected chi connectivity index (χ4v) is 8.79. The standard InChI is InChI=1S/C28H34ClF3N2O2/c1-15-13-17-18-6-7-20(25(36)33-22-8-5-16(29)14-21(22)28(30,31)32)26(18,2)11-9-19(17)27(3)12-10-23(35)34(4)24(15)27/h5,8,14,17-20H,6-7,9-13H2,1-4H3,(H,33,36)/t17?,18-,19?,20+,26-,27+/m0/s1. The Bertz CT molecular complexity index is 1150. The third-order valence-electron chi connectivity index (χ3n) is 10.2. The molecule has 36 heavy (non-hydrogen) atoms. The summed E-state index contributed by atoms with van der Waals surface area (Å²) in [4.78, 5) is 27.8. The summed E-state index contributed by atoms with van der Waals surface area (Å²) < 4.78 is 40.8. The van der Waals surface area contributed by atoms with E-state index in [2.05, 4.69) is 26.1 Å². The third-order valence-corrected chi connectivity index (χ3v) is 10.4. The number of carbonyl (C=O) groups is 2. The molecule has 3 fully saturated rings. The lowest BCUT2D eigenvalue weighted by Crippen LogP contribution is -2.54. The molecule has 8 heteroatoms. The van der Waals surface area contributed by atoms with Crippen LogP contribution >= 0.6 is 11.6 Å². The molecule has 4 nitrogen and oxygen atoms in total. The molecule has 1 aliphatic heterocycles. The average molecular weight is 523 g/mol. The number of benzene rings is 1. The summed E-state index contributed by atoms with van der Waals surface area (Å²) in [5, 5.41) is 2.60. The van der Waals surface area contributed by atoms with Crippen LogP contribution in [0.2, 0.25) is 5.02 Å². The first kappa shape index (κ1) is 25.6. The van der Waals surface area contributed by atoms with Crippen molar-refractivity contribution in [2.75, 3.05) is 12.4 Å². The first-order valence-corrected chi connectivity index (χ1v) is 13.3. The Balaban J connectivity index is 1.42. The van der Waals surface area contributed by atoms with Gasteiger partial charge >= 0.3 is 6.18 Å². The van der Waals surface area contributed by atoms with E-state index in [0.717, 1.165) is 38.2 Å². The van der Waals surface area contributed by atoms with E-state index in [-0.39, 0.29) is 39.3 Å². The number of halogens is 4. The maximum absolute atomic E-state index is 13.6. The highest BCUT2D eigenvalue weighted by Gasteiger charge is 2.61. The lowest BCUT2D eigenvalue weighted by molar-refractivity contribution is -0.138. The Hall–Kier alpha value is -2.02. The molecule has 5 rings (SSSR count). The molecule has 196 valence electrons. The maximum Gasteiger partial charge on any atom is 0.418 e. The van der Waals surface area contributed by atoms with E-state index in [4.69, 9.17) is 11.6 Å². The molecule has 1 aromatic carbocycles. The second-order valence-electron chi connectivity index (χ2n) is 11.9. The summed E-state index contributed by atoms with van der Waals surface area (Å²) in [6.45, 7) is 6.63. The number of hydrogen-bond acceptors (Lipinski definition) is 2. The largest absolute Gasteiger partial charge is 0.418 e. The summed E-state index contributed by atoms with van der Waals surface area (Å²) >= 11 is 5.82. The van der Waals surface area contributed by atoms with Crippen LogP contribution in [0.3, 0.4) is 0 Å². The van der Waals surface area contributed by atoms with Gasteiger partial charge in [-0.3, -0.25) is 9.59 Å². The SMILES string of the molecule is CC1=C2N(C)C(=O)CC[C@]2(C)C2CC[C@]3(C)[C@@H](C(=O)Nc4ccc(Cl)cc4C(F)(F)F)CC[C@H]3C2C1. The van der Waals surface area contributed by atoms with Crippen molar-refractivity contribution >= 4 is 29.1 Å². The summed E-state index contributed by atoms with van der Waals surface area (Å²) in [7, 11) is 1.90. The van der Waals surface area contributed by atoms with Crippen molar-refractivity contribution in [2.45, 2.75) is 71.9 Å². The topological polar surface area (TPSA) is 49.4 Å². The number of piperidine rings is 1. The monoisotopic (exact) mass is 522 g/mol. The lowest BCUT2D eigenvalue weighted by atomic mass is 9.48. The van der Waals surface area contributed by atoms with Gasteiger partial charge in [0, 0.05) is 35.5 Å². The Labute approximate surface area is 215 Å². The van der Waals surface area contributed by atoms with Crippen LogP contribution in [0.1, 0.15) is 71.3 Å². The van der Waals surface area contributed by atoms with Gasteiger partial charge < -0.3 is 10.2 Å².